The minimum Gasteiger partial charge on any atom is -0.343 e. The molecule has 2 aromatic heterocycles. The van der Waals surface area contributed by atoms with Crippen LogP contribution in [0.3, 0.4) is 0 Å². The summed E-state index contributed by atoms with van der Waals surface area (Å²) >= 11 is 6.55. The summed E-state index contributed by atoms with van der Waals surface area (Å²) in [6, 6.07) is 13.2. The Kier molecular flexibility index (Phi) is 6.09. The zero-order chi connectivity index (χ0) is 22.8. The number of likely N-dealkylation sites (N-methyl/N-ethyl adjacent to an activating group) is 1. The molecule has 2 aromatic carbocycles. The molecular weight excluding hydrogens is 436 g/mol. The van der Waals surface area contributed by atoms with E-state index in [9.17, 15) is 4.79 Å². The van der Waals surface area contributed by atoms with Gasteiger partial charge in [-0.05, 0) is 42.4 Å². The summed E-state index contributed by atoms with van der Waals surface area (Å²) < 4.78 is 0. The average molecular weight is 461 g/mol. The van der Waals surface area contributed by atoms with Gasteiger partial charge in [0.1, 0.15) is 0 Å². The lowest BCUT2D eigenvalue weighted by molar-refractivity contribution is 0.102. The summed E-state index contributed by atoms with van der Waals surface area (Å²) in [5, 5.41) is 3.63. The van der Waals surface area contributed by atoms with E-state index < -0.39 is 0 Å². The van der Waals surface area contributed by atoms with Crippen LogP contribution in [-0.4, -0.2) is 63.9 Å². The van der Waals surface area contributed by atoms with E-state index in [-0.39, 0.29) is 5.91 Å². The molecule has 5 rings (SSSR count). The van der Waals surface area contributed by atoms with Gasteiger partial charge in [-0.2, -0.15) is 0 Å². The average Bonchev–Trinajstić information content (AvgIpc) is 3.31. The standard InChI is InChI=1S/C25H25ClN6O/c1-31-7-9-32(10-8-31)15-19-5-6-20(12-22(19)26)30-25(33)18-4-2-3-17(11-18)21-13-27-14-23-24(21)29-16-28-23/h2-6,11-14,16H,7-10,15H2,1H3,(H,28,29)(H,30,33). The van der Waals surface area contributed by atoms with Crippen LogP contribution in [0.2, 0.25) is 5.02 Å². The largest absolute Gasteiger partial charge is 0.343 e. The van der Waals surface area contributed by atoms with Crippen molar-refractivity contribution in [3.63, 3.8) is 0 Å². The third-order valence-electron chi connectivity index (χ3n) is 6.07. The number of hydrogen-bond donors (Lipinski definition) is 2. The first kappa shape index (κ1) is 21.6. The molecule has 4 aromatic rings. The maximum Gasteiger partial charge on any atom is 0.255 e. The van der Waals surface area contributed by atoms with Gasteiger partial charge in [0.05, 0.1) is 23.6 Å². The van der Waals surface area contributed by atoms with Gasteiger partial charge >= 0.3 is 0 Å². The van der Waals surface area contributed by atoms with Gasteiger partial charge in [-0.25, -0.2) is 4.98 Å². The first-order valence-corrected chi connectivity index (χ1v) is 11.3. The highest BCUT2D eigenvalue weighted by atomic mass is 35.5. The molecule has 0 atom stereocenters. The highest BCUT2D eigenvalue weighted by Gasteiger charge is 2.16. The van der Waals surface area contributed by atoms with E-state index in [0.29, 0.717) is 16.3 Å². The second kappa shape index (κ2) is 9.31. The third kappa shape index (κ3) is 4.75. The minimum absolute atomic E-state index is 0.193. The highest BCUT2D eigenvalue weighted by Crippen LogP contribution is 2.27. The number of aromatic amines is 1. The van der Waals surface area contributed by atoms with Gasteiger partial charge in [0, 0.05) is 60.8 Å². The monoisotopic (exact) mass is 460 g/mol. The fourth-order valence-electron chi connectivity index (χ4n) is 4.11. The van der Waals surface area contributed by atoms with Crippen molar-refractivity contribution in [2.24, 2.45) is 0 Å². The van der Waals surface area contributed by atoms with Crippen molar-refractivity contribution in [3.05, 3.63) is 77.3 Å². The molecule has 0 unspecified atom stereocenters. The first-order chi connectivity index (χ1) is 16.1. The number of fused-ring (bicyclic) bond motifs is 1. The molecule has 0 bridgehead atoms. The van der Waals surface area contributed by atoms with Gasteiger partial charge in [0.25, 0.3) is 5.91 Å². The van der Waals surface area contributed by atoms with Gasteiger partial charge in [-0.15, -0.1) is 0 Å². The summed E-state index contributed by atoms with van der Waals surface area (Å²) in [5.41, 5.74) is 5.74. The number of aromatic nitrogens is 3. The number of halogens is 1. The van der Waals surface area contributed by atoms with Gasteiger partial charge in [0.15, 0.2) is 0 Å². The number of carbonyl (C=O) groups excluding carboxylic acids is 1. The third-order valence-corrected chi connectivity index (χ3v) is 6.42. The minimum atomic E-state index is -0.193. The second-order valence-corrected chi connectivity index (χ2v) is 8.81. The molecule has 1 aliphatic rings. The van der Waals surface area contributed by atoms with E-state index in [2.05, 4.69) is 37.1 Å². The Bertz CT molecular complexity index is 1300. The van der Waals surface area contributed by atoms with Crippen LogP contribution in [0.1, 0.15) is 15.9 Å². The molecule has 1 saturated heterocycles. The fourth-order valence-corrected chi connectivity index (χ4v) is 4.35. The topological polar surface area (TPSA) is 77.1 Å². The molecule has 0 radical (unpaired) electrons. The first-order valence-electron chi connectivity index (χ1n) is 10.9. The number of imidazole rings is 1. The summed E-state index contributed by atoms with van der Waals surface area (Å²) in [6.45, 7) is 5.01. The molecule has 1 fully saturated rings. The Morgan fingerprint density at radius 1 is 1.12 bits per heavy atom. The van der Waals surface area contributed by atoms with Crippen LogP contribution in [0.25, 0.3) is 22.2 Å². The fraction of sp³-hybridized carbons (Fsp3) is 0.240. The molecule has 1 amide bonds. The number of piperazine rings is 1. The van der Waals surface area contributed by atoms with Crippen LogP contribution in [0.4, 0.5) is 5.69 Å². The van der Waals surface area contributed by atoms with Crippen LogP contribution in [-0.2, 0) is 6.54 Å². The molecule has 7 nitrogen and oxygen atoms in total. The van der Waals surface area contributed by atoms with Crippen molar-refractivity contribution in [2.75, 3.05) is 38.5 Å². The van der Waals surface area contributed by atoms with Gasteiger partial charge in [-0.3, -0.25) is 14.7 Å². The van der Waals surface area contributed by atoms with Crippen LogP contribution in [0.15, 0.2) is 61.2 Å². The molecule has 0 saturated carbocycles. The molecule has 1 aliphatic heterocycles. The number of benzene rings is 2. The van der Waals surface area contributed by atoms with E-state index >= 15 is 0 Å². The van der Waals surface area contributed by atoms with Crippen LogP contribution < -0.4 is 5.32 Å². The molecule has 3 heterocycles. The van der Waals surface area contributed by atoms with Crippen molar-refractivity contribution in [1.29, 1.82) is 0 Å². The summed E-state index contributed by atoms with van der Waals surface area (Å²) in [4.78, 5) is 29.4. The maximum atomic E-state index is 13.0. The molecule has 2 N–H and O–H groups in total. The van der Waals surface area contributed by atoms with E-state index in [4.69, 9.17) is 11.6 Å². The van der Waals surface area contributed by atoms with Crippen LogP contribution >= 0.6 is 11.6 Å². The van der Waals surface area contributed by atoms with Crippen molar-refractivity contribution in [3.8, 4) is 11.1 Å². The number of rotatable bonds is 5. The van der Waals surface area contributed by atoms with Crippen molar-refractivity contribution in [1.82, 2.24) is 24.8 Å². The van der Waals surface area contributed by atoms with E-state index in [0.717, 1.165) is 60.4 Å². The van der Waals surface area contributed by atoms with Crippen molar-refractivity contribution in [2.45, 2.75) is 6.54 Å². The Morgan fingerprint density at radius 3 is 2.79 bits per heavy atom. The summed E-state index contributed by atoms with van der Waals surface area (Å²) in [5.74, 6) is -0.193. The lowest BCUT2D eigenvalue weighted by Crippen LogP contribution is -2.43. The van der Waals surface area contributed by atoms with Crippen molar-refractivity contribution >= 4 is 34.2 Å². The smallest absolute Gasteiger partial charge is 0.255 e. The molecule has 168 valence electrons. The predicted molar refractivity (Wildman–Crippen MR) is 132 cm³/mol. The number of nitrogens with zero attached hydrogens (tertiary/aromatic N) is 4. The second-order valence-electron chi connectivity index (χ2n) is 8.41. The van der Waals surface area contributed by atoms with E-state index in [1.165, 1.54) is 0 Å². The van der Waals surface area contributed by atoms with E-state index in [1.54, 1.807) is 24.8 Å². The Hall–Kier alpha value is -3.26. The maximum absolute atomic E-state index is 13.0. The zero-order valence-electron chi connectivity index (χ0n) is 18.4. The molecular formula is C25H25ClN6O. The van der Waals surface area contributed by atoms with Gasteiger partial charge in [-0.1, -0.05) is 29.8 Å². The van der Waals surface area contributed by atoms with Crippen molar-refractivity contribution < 1.29 is 4.79 Å². The number of hydrogen-bond acceptors (Lipinski definition) is 5. The Morgan fingerprint density at radius 2 is 1.97 bits per heavy atom. The molecule has 33 heavy (non-hydrogen) atoms. The number of H-pyrrole nitrogens is 1. The molecule has 8 heteroatoms. The molecule has 0 spiro atoms. The molecule has 0 aliphatic carbocycles. The summed E-state index contributed by atoms with van der Waals surface area (Å²) in [6.07, 6.45) is 5.14. The normalized spacial score (nSPS) is 15.1. The lowest BCUT2D eigenvalue weighted by Gasteiger charge is -2.32. The highest BCUT2D eigenvalue weighted by molar-refractivity contribution is 6.31. The Balaban J connectivity index is 1.30. The lowest BCUT2D eigenvalue weighted by atomic mass is 10.0. The number of pyridine rings is 1. The Labute approximate surface area is 197 Å². The van der Waals surface area contributed by atoms with Crippen LogP contribution in [0.5, 0.6) is 0 Å². The predicted octanol–water partition coefficient (Wildman–Crippen LogP) is 4.28. The summed E-state index contributed by atoms with van der Waals surface area (Å²) in [7, 11) is 2.14. The van der Waals surface area contributed by atoms with Gasteiger partial charge in [0.2, 0.25) is 0 Å². The number of nitrogens with one attached hydrogen (secondary N) is 2. The number of carbonyl (C=O) groups is 1. The zero-order valence-corrected chi connectivity index (χ0v) is 19.1. The quantitative estimate of drug-likeness (QED) is 0.465. The number of amides is 1. The van der Waals surface area contributed by atoms with Crippen LogP contribution in [0, 0.1) is 0 Å². The van der Waals surface area contributed by atoms with Gasteiger partial charge < -0.3 is 15.2 Å². The SMILES string of the molecule is CN1CCN(Cc2ccc(NC(=O)c3cccc(-c4cncc5[nH]cnc45)c3)cc2Cl)CC1. The number of anilines is 1. The van der Waals surface area contributed by atoms with E-state index in [1.807, 2.05) is 36.4 Å².